The van der Waals surface area contributed by atoms with Crippen molar-refractivity contribution < 1.29 is 8.78 Å². The lowest BCUT2D eigenvalue weighted by atomic mass is 9.88. The second kappa shape index (κ2) is 8.67. The van der Waals surface area contributed by atoms with E-state index >= 15 is 0 Å². The van der Waals surface area contributed by atoms with E-state index in [0.717, 1.165) is 19.3 Å². The molecule has 1 fully saturated rings. The maximum Gasteiger partial charge on any atom is 0.256 e. The first-order valence-electron chi connectivity index (χ1n) is 9.66. The minimum absolute atomic E-state index is 0.187. The standard InChI is InChI=1S/C19H26Cl2F2N4O/c1-12-25-16(26-8-3-6-19(24,7-9-26)11-15(22)23)10-17(28)27(12)14-5-2-4-13(20)18(14)21/h10,14-15H,2-9,11,24H2,1H3/t14-,19-/m1/s1. The first kappa shape index (κ1) is 21.5. The van der Waals surface area contributed by atoms with E-state index in [4.69, 9.17) is 28.9 Å². The lowest BCUT2D eigenvalue weighted by molar-refractivity contribution is 0.0999. The number of nitrogens with zero attached hydrogens (tertiary/aromatic N) is 3. The summed E-state index contributed by atoms with van der Waals surface area (Å²) in [6.07, 6.45) is 1.26. The molecular formula is C19H26Cl2F2N4O. The molecule has 28 heavy (non-hydrogen) atoms. The molecule has 0 radical (unpaired) electrons. The van der Waals surface area contributed by atoms with Crippen molar-refractivity contribution in [2.24, 2.45) is 5.73 Å². The van der Waals surface area contributed by atoms with Crippen LogP contribution in [-0.2, 0) is 0 Å². The average molecular weight is 435 g/mol. The predicted octanol–water partition coefficient (Wildman–Crippen LogP) is 4.31. The lowest BCUT2D eigenvalue weighted by Crippen LogP contribution is -2.42. The maximum absolute atomic E-state index is 12.9. The van der Waals surface area contributed by atoms with Gasteiger partial charge in [-0.2, -0.15) is 0 Å². The third kappa shape index (κ3) is 4.69. The summed E-state index contributed by atoms with van der Waals surface area (Å²) in [6, 6.07) is 1.21. The van der Waals surface area contributed by atoms with Crippen molar-refractivity contribution >= 4 is 29.0 Å². The van der Waals surface area contributed by atoms with Gasteiger partial charge < -0.3 is 10.6 Å². The Balaban J connectivity index is 1.83. The first-order valence-corrected chi connectivity index (χ1v) is 10.4. The Labute approximate surface area is 173 Å². The van der Waals surface area contributed by atoms with Crippen LogP contribution in [0.4, 0.5) is 14.6 Å². The summed E-state index contributed by atoms with van der Waals surface area (Å²) >= 11 is 12.6. The topological polar surface area (TPSA) is 64.2 Å². The summed E-state index contributed by atoms with van der Waals surface area (Å²) in [5.74, 6) is 1.12. The number of rotatable bonds is 4. The van der Waals surface area contributed by atoms with E-state index in [9.17, 15) is 13.6 Å². The van der Waals surface area contributed by atoms with Gasteiger partial charge in [0.2, 0.25) is 6.43 Å². The molecule has 1 aliphatic carbocycles. The fourth-order valence-electron chi connectivity index (χ4n) is 4.21. The highest BCUT2D eigenvalue weighted by Crippen LogP contribution is 2.38. The van der Waals surface area contributed by atoms with Crippen LogP contribution in [0.25, 0.3) is 0 Å². The zero-order chi connectivity index (χ0) is 20.5. The van der Waals surface area contributed by atoms with Crippen LogP contribution in [0.1, 0.15) is 56.8 Å². The van der Waals surface area contributed by atoms with Crippen LogP contribution in [0, 0.1) is 6.92 Å². The molecule has 1 aromatic rings. The Hall–Kier alpha value is -1.18. The Kier molecular flexibility index (Phi) is 6.67. The van der Waals surface area contributed by atoms with Crippen LogP contribution >= 0.6 is 23.2 Å². The average Bonchev–Trinajstić information content (AvgIpc) is 2.79. The highest BCUT2D eigenvalue weighted by Gasteiger charge is 2.32. The van der Waals surface area contributed by atoms with E-state index in [2.05, 4.69) is 4.98 Å². The molecule has 5 nitrogen and oxygen atoms in total. The van der Waals surface area contributed by atoms with Crippen molar-refractivity contribution in [2.75, 3.05) is 18.0 Å². The van der Waals surface area contributed by atoms with Crippen LogP contribution in [0.15, 0.2) is 20.9 Å². The van der Waals surface area contributed by atoms with Gasteiger partial charge in [-0.3, -0.25) is 9.36 Å². The minimum atomic E-state index is -2.42. The van der Waals surface area contributed by atoms with Crippen molar-refractivity contribution in [3.8, 4) is 0 Å². The fraction of sp³-hybridized carbons (Fsp3) is 0.684. The molecule has 1 saturated heterocycles. The Morgan fingerprint density at radius 2 is 2.07 bits per heavy atom. The summed E-state index contributed by atoms with van der Waals surface area (Å²) < 4.78 is 27.3. The monoisotopic (exact) mass is 434 g/mol. The van der Waals surface area contributed by atoms with Crippen molar-refractivity contribution in [1.29, 1.82) is 0 Å². The summed E-state index contributed by atoms with van der Waals surface area (Å²) in [7, 11) is 0. The summed E-state index contributed by atoms with van der Waals surface area (Å²) in [4.78, 5) is 19.4. The zero-order valence-electron chi connectivity index (χ0n) is 15.9. The SMILES string of the molecule is Cc1nc(N2CCC[C@](N)(CC(F)F)CC2)cc(=O)n1[C@@H]1CCCC(Cl)=C1Cl. The van der Waals surface area contributed by atoms with Crippen molar-refractivity contribution in [1.82, 2.24) is 9.55 Å². The van der Waals surface area contributed by atoms with Gasteiger partial charge >= 0.3 is 0 Å². The molecule has 3 rings (SSSR count). The van der Waals surface area contributed by atoms with E-state index in [-0.39, 0.29) is 18.0 Å². The van der Waals surface area contributed by atoms with Crippen LogP contribution in [0.5, 0.6) is 0 Å². The van der Waals surface area contributed by atoms with Crippen LogP contribution in [0.2, 0.25) is 0 Å². The number of aryl methyl sites for hydroxylation is 1. The number of nitrogens with two attached hydrogens (primary N) is 1. The Morgan fingerprint density at radius 3 is 2.75 bits per heavy atom. The first-order chi connectivity index (χ1) is 13.2. The molecule has 2 N–H and O–H groups in total. The van der Waals surface area contributed by atoms with Gasteiger partial charge in [0.25, 0.3) is 5.56 Å². The van der Waals surface area contributed by atoms with Crippen LogP contribution in [0.3, 0.4) is 0 Å². The van der Waals surface area contributed by atoms with Gasteiger partial charge in [0.05, 0.1) is 11.1 Å². The summed E-state index contributed by atoms with van der Waals surface area (Å²) in [5, 5.41) is 1.10. The van der Waals surface area contributed by atoms with Gasteiger partial charge in [-0.15, -0.1) is 0 Å². The molecular weight excluding hydrogens is 409 g/mol. The third-order valence-corrected chi connectivity index (χ3v) is 6.69. The van der Waals surface area contributed by atoms with E-state index in [0.29, 0.717) is 54.1 Å². The molecule has 0 saturated carbocycles. The third-order valence-electron chi connectivity index (χ3n) is 5.72. The molecule has 0 bridgehead atoms. The van der Waals surface area contributed by atoms with Crippen molar-refractivity contribution in [3.63, 3.8) is 0 Å². The number of allylic oxidation sites excluding steroid dienone is 2. The quantitative estimate of drug-likeness (QED) is 0.766. The zero-order valence-corrected chi connectivity index (χ0v) is 17.4. The van der Waals surface area contributed by atoms with Crippen molar-refractivity contribution in [2.45, 2.75) is 69.9 Å². The van der Waals surface area contributed by atoms with E-state index in [1.54, 1.807) is 11.5 Å². The fourth-order valence-corrected chi connectivity index (χ4v) is 4.77. The second-order valence-corrected chi connectivity index (χ2v) is 8.69. The number of alkyl halides is 2. The molecule has 9 heteroatoms. The largest absolute Gasteiger partial charge is 0.356 e. The molecule has 1 aromatic heterocycles. The predicted molar refractivity (Wildman–Crippen MR) is 108 cm³/mol. The van der Waals surface area contributed by atoms with Crippen LogP contribution < -0.4 is 16.2 Å². The number of hydrogen-bond donors (Lipinski definition) is 1. The molecule has 2 atom stereocenters. The maximum atomic E-state index is 12.9. The second-order valence-electron chi connectivity index (χ2n) is 7.83. The number of aromatic nitrogens is 2. The smallest absolute Gasteiger partial charge is 0.256 e. The van der Waals surface area contributed by atoms with Gasteiger partial charge in [-0.05, 0) is 45.4 Å². The van der Waals surface area contributed by atoms with Gasteiger partial charge in [0.15, 0.2) is 0 Å². The van der Waals surface area contributed by atoms with E-state index < -0.39 is 12.0 Å². The number of anilines is 1. The van der Waals surface area contributed by atoms with Crippen LogP contribution in [-0.4, -0.2) is 34.6 Å². The lowest BCUT2D eigenvalue weighted by Gasteiger charge is -2.29. The Bertz CT molecular complexity index is 814. The van der Waals surface area contributed by atoms with Gasteiger partial charge in [0, 0.05) is 36.1 Å². The molecule has 2 heterocycles. The number of halogens is 4. The number of hydrogen-bond acceptors (Lipinski definition) is 4. The summed E-state index contributed by atoms with van der Waals surface area (Å²) in [5.41, 5.74) is 5.13. The molecule has 0 aromatic carbocycles. The molecule has 0 spiro atoms. The summed E-state index contributed by atoms with van der Waals surface area (Å²) in [6.45, 7) is 2.91. The van der Waals surface area contributed by atoms with E-state index in [1.165, 1.54) is 6.07 Å². The molecule has 0 amide bonds. The normalized spacial score (nSPS) is 26.7. The van der Waals surface area contributed by atoms with Gasteiger partial charge in [-0.1, -0.05) is 23.2 Å². The molecule has 1 aliphatic heterocycles. The highest BCUT2D eigenvalue weighted by molar-refractivity contribution is 6.39. The Morgan fingerprint density at radius 1 is 1.32 bits per heavy atom. The molecule has 2 aliphatic rings. The van der Waals surface area contributed by atoms with Gasteiger partial charge in [0.1, 0.15) is 11.6 Å². The molecule has 0 unspecified atom stereocenters. The molecule has 156 valence electrons. The minimum Gasteiger partial charge on any atom is -0.356 e. The van der Waals surface area contributed by atoms with Gasteiger partial charge in [-0.25, -0.2) is 13.8 Å². The highest BCUT2D eigenvalue weighted by atomic mass is 35.5. The van der Waals surface area contributed by atoms with Crippen molar-refractivity contribution in [3.05, 3.63) is 32.3 Å². The van der Waals surface area contributed by atoms with E-state index in [1.807, 2.05) is 4.90 Å².